The van der Waals surface area contributed by atoms with E-state index in [1.54, 1.807) is 19.1 Å². The SMILES string of the molecule is Cc1cc(C(C)(C)C)ccc1S(=O)(=O)N(C)c1ccsc1C(=O)[O-]. The Morgan fingerprint density at radius 3 is 2.33 bits per heavy atom. The zero-order valence-electron chi connectivity index (χ0n) is 14.3. The first-order valence-corrected chi connectivity index (χ1v) is 9.67. The van der Waals surface area contributed by atoms with Gasteiger partial charge in [0.1, 0.15) is 0 Å². The largest absolute Gasteiger partial charge is 0.544 e. The Morgan fingerprint density at radius 1 is 1.21 bits per heavy atom. The van der Waals surface area contributed by atoms with Gasteiger partial charge in [0.05, 0.1) is 21.4 Å². The van der Waals surface area contributed by atoms with Crippen LogP contribution in [-0.2, 0) is 15.4 Å². The van der Waals surface area contributed by atoms with E-state index >= 15 is 0 Å². The van der Waals surface area contributed by atoms with Crippen LogP contribution < -0.4 is 9.41 Å². The standard InChI is InChI=1S/C17H21NO4S2/c1-11-10-12(17(2,3)4)6-7-14(11)24(21,22)18(5)13-8-9-23-15(13)16(19)20/h6-10H,1-5H3,(H,19,20)/p-1. The van der Waals surface area contributed by atoms with Crippen LogP contribution in [0.15, 0.2) is 34.5 Å². The molecule has 0 unspecified atom stereocenters. The van der Waals surface area contributed by atoms with E-state index in [9.17, 15) is 18.3 Å². The van der Waals surface area contributed by atoms with Crippen LogP contribution in [0.25, 0.3) is 0 Å². The van der Waals surface area contributed by atoms with Crippen molar-refractivity contribution in [1.29, 1.82) is 0 Å². The van der Waals surface area contributed by atoms with E-state index in [2.05, 4.69) is 20.8 Å². The van der Waals surface area contributed by atoms with E-state index in [4.69, 9.17) is 0 Å². The van der Waals surface area contributed by atoms with Crippen molar-refractivity contribution in [3.63, 3.8) is 0 Å². The van der Waals surface area contributed by atoms with Crippen molar-refractivity contribution in [2.45, 2.75) is 38.0 Å². The molecule has 5 nitrogen and oxygen atoms in total. The van der Waals surface area contributed by atoms with Crippen molar-refractivity contribution in [3.05, 3.63) is 45.6 Å². The lowest BCUT2D eigenvalue weighted by Crippen LogP contribution is -2.30. The van der Waals surface area contributed by atoms with Gasteiger partial charge in [-0.05, 0) is 41.0 Å². The van der Waals surface area contributed by atoms with Crippen LogP contribution in [0.2, 0.25) is 0 Å². The quantitative estimate of drug-likeness (QED) is 0.833. The molecule has 1 aromatic carbocycles. The van der Waals surface area contributed by atoms with Gasteiger partial charge in [-0.1, -0.05) is 32.9 Å². The molecule has 0 atom stereocenters. The fourth-order valence-corrected chi connectivity index (χ4v) is 4.61. The lowest BCUT2D eigenvalue weighted by atomic mass is 9.86. The van der Waals surface area contributed by atoms with Crippen LogP contribution in [0.5, 0.6) is 0 Å². The number of thiophene rings is 1. The van der Waals surface area contributed by atoms with Gasteiger partial charge in [0, 0.05) is 7.05 Å². The number of carboxylic acid groups (broad SMARTS) is 1. The first-order valence-electron chi connectivity index (χ1n) is 7.35. The number of rotatable bonds is 4. The van der Waals surface area contributed by atoms with Crippen molar-refractivity contribution < 1.29 is 18.3 Å². The third kappa shape index (κ3) is 3.32. The van der Waals surface area contributed by atoms with Gasteiger partial charge in [-0.15, -0.1) is 11.3 Å². The molecule has 0 amide bonds. The smallest absolute Gasteiger partial charge is 0.264 e. The molecule has 2 rings (SSSR count). The molecule has 1 heterocycles. The van der Waals surface area contributed by atoms with Gasteiger partial charge in [-0.3, -0.25) is 4.31 Å². The Bertz CT molecular complexity index is 876. The van der Waals surface area contributed by atoms with Crippen molar-refractivity contribution in [2.75, 3.05) is 11.4 Å². The summed E-state index contributed by atoms with van der Waals surface area (Å²) in [4.78, 5) is 11.2. The summed E-state index contributed by atoms with van der Waals surface area (Å²) >= 11 is 0.939. The average Bonchev–Trinajstić information content (AvgIpc) is 2.94. The number of benzene rings is 1. The Labute approximate surface area is 146 Å². The van der Waals surface area contributed by atoms with Crippen LogP contribution in [0.1, 0.15) is 41.6 Å². The van der Waals surface area contributed by atoms with Crippen LogP contribution in [0.4, 0.5) is 5.69 Å². The molecule has 24 heavy (non-hydrogen) atoms. The topological polar surface area (TPSA) is 77.5 Å². The number of carboxylic acids is 1. The van der Waals surface area contributed by atoms with E-state index in [1.165, 1.54) is 18.5 Å². The molecule has 0 N–H and O–H groups in total. The minimum atomic E-state index is -3.86. The summed E-state index contributed by atoms with van der Waals surface area (Å²) in [6.45, 7) is 7.90. The highest BCUT2D eigenvalue weighted by molar-refractivity contribution is 7.92. The Kier molecular flexibility index (Phi) is 4.79. The summed E-state index contributed by atoms with van der Waals surface area (Å²) in [5.74, 6) is -1.39. The van der Waals surface area contributed by atoms with Gasteiger partial charge < -0.3 is 9.90 Å². The van der Waals surface area contributed by atoms with Crippen LogP contribution in [0, 0.1) is 6.92 Å². The summed E-state index contributed by atoms with van der Waals surface area (Å²) < 4.78 is 26.8. The second-order valence-electron chi connectivity index (χ2n) is 6.63. The fourth-order valence-electron chi connectivity index (χ4n) is 2.39. The fraction of sp³-hybridized carbons (Fsp3) is 0.353. The van der Waals surface area contributed by atoms with Gasteiger partial charge in [0.25, 0.3) is 10.0 Å². The summed E-state index contributed by atoms with van der Waals surface area (Å²) in [7, 11) is -2.51. The maximum Gasteiger partial charge on any atom is 0.264 e. The third-order valence-corrected chi connectivity index (χ3v) is 6.66. The first-order chi connectivity index (χ1) is 11.0. The van der Waals surface area contributed by atoms with E-state index in [-0.39, 0.29) is 20.9 Å². The molecule has 0 bridgehead atoms. The predicted molar refractivity (Wildman–Crippen MR) is 94.1 cm³/mol. The maximum atomic E-state index is 12.9. The zero-order chi connectivity index (χ0) is 18.3. The molecule has 0 saturated heterocycles. The minimum absolute atomic E-state index is 0.0888. The predicted octanol–water partition coefficient (Wildman–Crippen LogP) is 2.54. The highest BCUT2D eigenvalue weighted by Crippen LogP contribution is 2.32. The van der Waals surface area contributed by atoms with E-state index in [1.807, 2.05) is 6.07 Å². The maximum absolute atomic E-state index is 12.9. The van der Waals surface area contributed by atoms with Crippen LogP contribution in [-0.4, -0.2) is 21.4 Å². The monoisotopic (exact) mass is 366 g/mol. The summed E-state index contributed by atoms with van der Waals surface area (Å²) in [6.07, 6.45) is 0. The molecule has 7 heteroatoms. The third-order valence-electron chi connectivity index (χ3n) is 3.85. The van der Waals surface area contributed by atoms with Gasteiger partial charge in [0.15, 0.2) is 0 Å². The highest BCUT2D eigenvalue weighted by Gasteiger charge is 2.26. The van der Waals surface area contributed by atoms with Gasteiger partial charge >= 0.3 is 0 Å². The number of hydrogen-bond donors (Lipinski definition) is 0. The molecule has 0 spiro atoms. The van der Waals surface area contributed by atoms with Crippen molar-refractivity contribution >= 4 is 33.0 Å². The second kappa shape index (κ2) is 6.22. The van der Waals surface area contributed by atoms with Gasteiger partial charge in [-0.25, -0.2) is 8.42 Å². The molecular formula is C17H20NO4S2-. The lowest BCUT2D eigenvalue weighted by Gasteiger charge is -2.24. The van der Waals surface area contributed by atoms with Crippen molar-refractivity contribution in [1.82, 2.24) is 0 Å². The number of carbonyl (C=O) groups excluding carboxylic acids is 1. The number of anilines is 1. The average molecular weight is 366 g/mol. The van der Waals surface area contributed by atoms with Crippen LogP contribution >= 0.6 is 11.3 Å². The molecule has 0 aliphatic rings. The zero-order valence-corrected chi connectivity index (χ0v) is 15.9. The van der Waals surface area contributed by atoms with Gasteiger partial charge in [0.2, 0.25) is 0 Å². The molecular weight excluding hydrogens is 346 g/mol. The number of aromatic carboxylic acids is 1. The van der Waals surface area contributed by atoms with Crippen LogP contribution in [0.3, 0.4) is 0 Å². The summed E-state index contributed by atoms with van der Waals surface area (Å²) in [6, 6.07) is 6.69. The van der Waals surface area contributed by atoms with Crippen molar-refractivity contribution in [2.24, 2.45) is 0 Å². The van der Waals surface area contributed by atoms with Crippen molar-refractivity contribution in [3.8, 4) is 0 Å². The molecule has 0 fully saturated rings. The first kappa shape index (κ1) is 18.5. The molecule has 0 aliphatic heterocycles. The van der Waals surface area contributed by atoms with E-state index < -0.39 is 16.0 Å². The Balaban J connectivity index is 2.51. The molecule has 2 aromatic rings. The summed E-state index contributed by atoms with van der Waals surface area (Å²) in [5.41, 5.74) is 1.68. The number of aryl methyl sites for hydroxylation is 1. The molecule has 0 saturated carbocycles. The molecule has 130 valence electrons. The molecule has 0 aliphatic carbocycles. The highest BCUT2D eigenvalue weighted by atomic mass is 32.2. The number of carbonyl (C=O) groups is 1. The summed E-state index contributed by atoms with van der Waals surface area (Å²) in [5, 5.41) is 12.7. The molecule has 1 aromatic heterocycles. The number of sulfonamides is 1. The minimum Gasteiger partial charge on any atom is -0.544 e. The molecule has 0 radical (unpaired) electrons. The number of nitrogens with zero attached hydrogens (tertiary/aromatic N) is 1. The van der Waals surface area contributed by atoms with E-state index in [0.29, 0.717) is 5.56 Å². The Hall–Kier alpha value is -1.86. The van der Waals surface area contributed by atoms with Gasteiger partial charge in [-0.2, -0.15) is 0 Å². The Morgan fingerprint density at radius 2 is 1.83 bits per heavy atom. The lowest BCUT2D eigenvalue weighted by molar-refractivity contribution is -0.254. The normalized spacial score (nSPS) is 12.2. The number of hydrogen-bond acceptors (Lipinski definition) is 5. The van der Waals surface area contributed by atoms with E-state index in [0.717, 1.165) is 21.2 Å². The second-order valence-corrected chi connectivity index (χ2v) is 9.48.